The fourth-order valence-electron chi connectivity index (χ4n) is 3.28. The summed E-state index contributed by atoms with van der Waals surface area (Å²) in [6.07, 6.45) is 3.10. The lowest BCUT2D eigenvalue weighted by Crippen LogP contribution is -2.33. The summed E-state index contributed by atoms with van der Waals surface area (Å²) in [5.41, 5.74) is 2.41. The highest BCUT2D eigenvalue weighted by Gasteiger charge is 2.30. The molecule has 0 aliphatic heterocycles. The second-order valence-corrected chi connectivity index (χ2v) is 9.40. The normalized spacial score (nSPS) is 12.8. The van der Waals surface area contributed by atoms with Crippen molar-refractivity contribution in [3.63, 3.8) is 0 Å². The number of alkyl halides is 3. The van der Waals surface area contributed by atoms with Crippen LogP contribution in [-0.2, 0) is 16.4 Å². The Bertz CT molecular complexity index is 1180. The van der Waals surface area contributed by atoms with Crippen LogP contribution in [0.15, 0.2) is 90.6 Å². The summed E-state index contributed by atoms with van der Waals surface area (Å²) in [6, 6.07) is 16.7. The highest BCUT2D eigenvalue weighted by Crippen LogP contribution is 2.26. The Hall–Kier alpha value is -3.17. The number of rotatable bonds is 11. The number of benzene rings is 2. The summed E-state index contributed by atoms with van der Waals surface area (Å²) >= 11 is 0. The van der Waals surface area contributed by atoms with Crippen LogP contribution in [0.5, 0.6) is 5.75 Å². The number of nitrogens with one attached hydrogen (secondary N) is 1. The van der Waals surface area contributed by atoms with Gasteiger partial charge in [0.15, 0.2) is 0 Å². The van der Waals surface area contributed by atoms with Gasteiger partial charge in [-0.15, -0.1) is 0 Å². The molecule has 3 aromatic rings. The Balaban J connectivity index is 1.62. The van der Waals surface area contributed by atoms with Crippen molar-refractivity contribution >= 4 is 10.0 Å². The summed E-state index contributed by atoms with van der Waals surface area (Å²) < 4.78 is 69.2. The van der Waals surface area contributed by atoms with Crippen LogP contribution in [0, 0.1) is 0 Å². The lowest BCUT2D eigenvalue weighted by atomic mass is 10.1. The molecular weight excluding hydrogens is 465 g/mol. The highest BCUT2D eigenvalue weighted by atomic mass is 32.2. The molecule has 1 aromatic heterocycles. The van der Waals surface area contributed by atoms with Gasteiger partial charge in [0.2, 0.25) is 10.0 Å². The van der Waals surface area contributed by atoms with E-state index < -0.39 is 22.7 Å². The van der Waals surface area contributed by atoms with E-state index in [0.717, 1.165) is 24.8 Å². The predicted octanol–water partition coefficient (Wildman–Crippen LogP) is 5.55. The highest BCUT2D eigenvalue weighted by molar-refractivity contribution is 7.89. The first-order valence-electron chi connectivity index (χ1n) is 10.6. The lowest BCUT2D eigenvalue weighted by molar-refractivity contribution is -0.121. The summed E-state index contributed by atoms with van der Waals surface area (Å²) in [5, 5.41) is 0. The van der Waals surface area contributed by atoms with Crippen LogP contribution in [0.3, 0.4) is 0 Å². The number of nitrogens with zero attached hydrogens (tertiary/aromatic N) is 1. The Morgan fingerprint density at radius 2 is 1.82 bits per heavy atom. The van der Waals surface area contributed by atoms with Gasteiger partial charge in [-0.2, -0.15) is 13.2 Å². The van der Waals surface area contributed by atoms with Crippen LogP contribution < -0.4 is 9.46 Å². The molecule has 0 saturated carbocycles. The van der Waals surface area contributed by atoms with Crippen LogP contribution in [0.4, 0.5) is 13.2 Å². The van der Waals surface area contributed by atoms with E-state index in [4.69, 9.17) is 4.74 Å². The van der Waals surface area contributed by atoms with E-state index in [0.29, 0.717) is 16.9 Å². The molecule has 1 atom stereocenters. The third-order valence-electron chi connectivity index (χ3n) is 5.02. The molecule has 1 heterocycles. The van der Waals surface area contributed by atoms with Crippen molar-refractivity contribution in [3.8, 4) is 16.9 Å². The second kappa shape index (κ2) is 11.3. The monoisotopic (exact) mass is 490 g/mol. The molecule has 0 saturated heterocycles. The van der Waals surface area contributed by atoms with Gasteiger partial charge in [-0.25, -0.2) is 13.1 Å². The van der Waals surface area contributed by atoms with Gasteiger partial charge < -0.3 is 4.74 Å². The van der Waals surface area contributed by atoms with Crippen LogP contribution in [0.1, 0.15) is 18.4 Å². The smallest absolute Gasteiger partial charge is 0.402 e. The van der Waals surface area contributed by atoms with Crippen LogP contribution in [0.25, 0.3) is 11.1 Å². The molecule has 0 bridgehead atoms. The Labute approximate surface area is 197 Å². The minimum Gasteiger partial charge on any atom is -0.486 e. The van der Waals surface area contributed by atoms with Crippen LogP contribution >= 0.6 is 0 Å². The zero-order valence-corrected chi connectivity index (χ0v) is 19.1. The molecule has 0 spiro atoms. The largest absolute Gasteiger partial charge is 0.486 e. The van der Waals surface area contributed by atoms with Crippen molar-refractivity contribution in [3.05, 3.63) is 91.3 Å². The summed E-state index contributed by atoms with van der Waals surface area (Å²) in [6.45, 7) is 2.21. The average molecular weight is 491 g/mol. The lowest BCUT2D eigenvalue weighted by Gasteiger charge is -2.16. The molecule has 0 unspecified atom stereocenters. The number of pyridine rings is 1. The summed E-state index contributed by atoms with van der Waals surface area (Å²) in [7, 11) is -4.29. The third kappa shape index (κ3) is 7.71. The number of aryl methyl sites for hydroxylation is 1. The van der Waals surface area contributed by atoms with Gasteiger partial charge in [-0.05, 0) is 66.3 Å². The van der Waals surface area contributed by atoms with Gasteiger partial charge >= 0.3 is 6.18 Å². The molecule has 2 aromatic carbocycles. The van der Waals surface area contributed by atoms with E-state index in [1.165, 1.54) is 18.2 Å². The molecular formula is C25H25F3N2O3S. The van der Waals surface area contributed by atoms with Crippen LogP contribution in [0.2, 0.25) is 0 Å². The molecule has 1 N–H and O–H groups in total. The summed E-state index contributed by atoms with van der Waals surface area (Å²) in [4.78, 5) is 3.87. The molecule has 0 radical (unpaired) electrons. The van der Waals surface area contributed by atoms with Crippen molar-refractivity contribution in [2.75, 3.05) is 6.54 Å². The van der Waals surface area contributed by atoms with E-state index in [1.807, 2.05) is 18.3 Å². The maximum absolute atomic E-state index is 12.4. The molecule has 9 heteroatoms. The number of sulfonamides is 1. The zero-order chi connectivity index (χ0) is 24.6. The van der Waals surface area contributed by atoms with Gasteiger partial charge in [0, 0.05) is 12.4 Å². The number of hydrogen-bond acceptors (Lipinski definition) is 4. The fraction of sp³-hybridized carbons (Fsp3) is 0.240. The Morgan fingerprint density at radius 1 is 1.06 bits per heavy atom. The SMILES string of the molecule is C=C[C@@H](CCCc1cccnc1)Oc1ccc(-c2cccc(S(=O)(=O)NCC(F)(F)F)c2)cc1. The minimum absolute atomic E-state index is 0.171. The van der Waals surface area contributed by atoms with Gasteiger partial charge in [-0.3, -0.25) is 4.98 Å². The van der Waals surface area contributed by atoms with Crippen molar-refractivity contribution in [1.29, 1.82) is 0 Å². The van der Waals surface area contributed by atoms with Crippen molar-refractivity contribution < 1.29 is 26.3 Å². The quantitative estimate of drug-likeness (QED) is 0.358. The molecule has 34 heavy (non-hydrogen) atoms. The second-order valence-electron chi connectivity index (χ2n) is 7.64. The van der Waals surface area contributed by atoms with Gasteiger partial charge in [0.25, 0.3) is 0 Å². The Kier molecular flexibility index (Phi) is 8.46. The van der Waals surface area contributed by atoms with E-state index in [1.54, 1.807) is 47.3 Å². The minimum atomic E-state index is -4.64. The first-order chi connectivity index (χ1) is 16.2. The van der Waals surface area contributed by atoms with E-state index >= 15 is 0 Å². The van der Waals surface area contributed by atoms with E-state index in [-0.39, 0.29) is 11.0 Å². The first-order valence-corrected chi connectivity index (χ1v) is 12.1. The number of halogens is 3. The van der Waals surface area contributed by atoms with E-state index in [9.17, 15) is 21.6 Å². The molecule has 0 aliphatic rings. The molecule has 5 nitrogen and oxygen atoms in total. The molecule has 0 fully saturated rings. The zero-order valence-electron chi connectivity index (χ0n) is 18.3. The first kappa shape index (κ1) is 25.5. The van der Waals surface area contributed by atoms with Crippen molar-refractivity contribution in [2.24, 2.45) is 0 Å². The van der Waals surface area contributed by atoms with Crippen molar-refractivity contribution in [2.45, 2.75) is 36.4 Å². The van der Waals surface area contributed by atoms with Gasteiger partial charge in [-0.1, -0.05) is 43.0 Å². The van der Waals surface area contributed by atoms with Crippen molar-refractivity contribution in [1.82, 2.24) is 9.71 Å². The number of ether oxygens (including phenoxy) is 1. The number of hydrogen-bond donors (Lipinski definition) is 1. The number of aromatic nitrogens is 1. The maximum Gasteiger partial charge on any atom is 0.402 e. The summed E-state index contributed by atoms with van der Waals surface area (Å²) in [5.74, 6) is 0.630. The molecule has 180 valence electrons. The Morgan fingerprint density at radius 3 is 2.47 bits per heavy atom. The standard InChI is InChI=1S/C25H25F3N2O3S/c1-2-22(9-3-6-19-7-5-15-29-17-19)33-23-13-11-20(12-14-23)21-8-4-10-24(16-21)34(31,32)30-18-25(26,27)28/h2,4-5,7-8,10-17,22,30H,1,3,6,9,18H2/t22-/m0/s1. The van der Waals surface area contributed by atoms with Crippen LogP contribution in [-0.4, -0.2) is 32.2 Å². The molecule has 0 amide bonds. The maximum atomic E-state index is 12.4. The topological polar surface area (TPSA) is 68.3 Å². The van der Waals surface area contributed by atoms with Gasteiger partial charge in [0.1, 0.15) is 18.4 Å². The molecule has 0 aliphatic carbocycles. The van der Waals surface area contributed by atoms with Gasteiger partial charge in [0.05, 0.1) is 4.90 Å². The predicted molar refractivity (Wildman–Crippen MR) is 125 cm³/mol. The van der Waals surface area contributed by atoms with E-state index in [2.05, 4.69) is 11.6 Å². The average Bonchev–Trinajstić information content (AvgIpc) is 2.83. The third-order valence-corrected chi connectivity index (χ3v) is 6.42. The molecule has 3 rings (SSSR count). The fourth-order valence-corrected chi connectivity index (χ4v) is 4.34.